The second-order valence-corrected chi connectivity index (χ2v) is 5.96. The van der Waals surface area contributed by atoms with Crippen molar-refractivity contribution >= 4 is 6.09 Å². The molecule has 0 saturated heterocycles. The van der Waals surface area contributed by atoms with Gasteiger partial charge in [-0.25, -0.2) is 4.79 Å². The van der Waals surface area contributed by atoms with Crippen molar-refractivity contribution in [3.63, 3.8) is 0 Å². The van der Waals surface area contributed by atoms with Crippen LogP contribution in [0, 0.1) is 0 Å². The van der Waals surface area contributed by atoms with Crippen LogP contribution >= 0.6 is 0 Å². The maximum Gasteiger partial charge on any atom is 0.407 e. The Hall–Kier alpha value is -3.27. The molecule has 0 unspecified atom stereocenters. The van der Waals surface area contributed by atoms with Gasteiger partial charge in [0.25, 0.3) is 0 Å². The van der Waals surface area contributed by atoms with Crippen molar-refractivity contribution < 1.29 is 14.6 Å². The summed E-state index contributed by atoms with van der Waals surface area (Å²) >= 11 is 0. The first-order valence-corrected chi connectivity index (χ1v) is 8.51. The number of para-hydroxylation sites is 1. The smallest absolute Gasteiger partial charge is 0.407 e. The topological polar surface area (TPSA) is 58.6 Å². The van der Waals surface area contributed by atoms with Crippen molar-refractivity contribution in [3.05, 3.63) is 102 Å². The number of amides is 1. The van der Waals surface area contributed by atoms with E-state index in [4.69, 9.17) is 4.74 Å². The van der Waals surface area contributed by atoms with E-state index in [0.29, 0.717) is 6.54 Å². The van der Waals surface area contributed by atoms with Crippen LogP contribution < -0.4 is 5.32 Å². The Labute approximate surface area is 153 Å². The highest BCUT2D eigenvalue weighted by molar-refractivity contribution is 5.67. The van der Waals surface area contributed by atoms with E-state index in [2.05, 4.69) is 5.32 Å². The van der Waals surface area contributed by atoms with Gasteiger partial charge in [0.2, 0.25) is 0 Å². The number of aromatic hydroxyl groups is 1. The summed E-state index contributed by atoms with van der Waals surface area (Å²) in [5, 5.41) is 13.0. The third-order valence-electron chi connectivity index (χ3n) is 4.18. The minimum atomic E-state index is -0.481. The van der Waals surface area contributed by atoms with E-state index >= 15 is 0 Å². The van der Waals surface area contributed by atoms with Gasteiger partial charge in [-0.15, -0.1) is 0 Å². The van der Waals surface area contributed by atoms with E-state index in [9.17, 15) is 9.90 Å². The summed E-state index contributed by atoms with van der Waals surface area (Å²) in [5.74, 6) is 0.0440. The Bertz CT molecular complexity index is 834. The summed E-state index contributed by atoms with van der Waals surface area (Å²) < 4.78 is 5.27. The Morgan fingerprint density at radius 3 is 2.19 bits per heavy atom. The lowest BCUT2D eigenvalue weighted by Gasteiger charge is -2.19. The second kappa shape index (κ2) is 8.72. The number of benzene rings is 3. The molecule has 0 bridgehead atoms. The number of phenols is 1. The van der Waals surface area contributed by atoms with Crippen molar-refractivity contribution in [3.8, 4) is 5.75 Å². The lowest BCUT2D eigenvalue weighted by molar-refractivity contribution is 0.139. The molecular formula is C22H21NO3. The second-order valence-electron chi connectivity index (χ2n) is 5.96. The third-order valence-corrected chi connectivity index (χ3v) is 4.18. The molecule has 2 N–H and O–H groups in total. The van der Waals surface area contributed by atoms with E-state index < -0.39 is 6.09 Å². The van der Waals surface area contributed by atoms with Crippen molar-refractivity contribution in [2.45, 2.75) is 12.5 Å². The number of hydrogen-bond acceptors (Lipinski definition) is 3. The van der Waals surface area contributed by atoms with Crippen LogP contribution in [0.1, 0.15) is 22.6 Å². The lowest BCUT2D eigenvalue weighted by atomic mass is 9.90. The van der Waals surface area contributed by atoms with Crippen LogP contribution in [0.5, 0.6) is 5.75 Å². The van der Waals surface area contributed by atoms with Crippen LogP contribution in [0.15, 0.2) is 84.9 Å². The minimum absolute atomic E-state index is 0.165. The summed E-state index contributed by atoms with van der Waals surface area (Å²) in [6, 6.07) is 26.5. The summed E-state index contributed by atoms with van der Waals surface area (Å²) in [4.78, 5) is 12.1. The minimum Gasteiger partial charge on any atom is -0.508 e. The van der Waals surface area contributed by atoms with Gasteiger partial charge in [0.05, 0.1) is 0 Å². The number of hydrogen-bond donors (Lipinski definition) is 2. The molecule has 3 rings (SSSR count). The van der Waals surface area contributed by atoms with Gasteiger partial charge in [0.1, 0.15) is 12.4 Å². The molecule has 0 saturated carbocycles. The molecule has 132 valence electrons. The zero-order valence-electron chi connectivity index (χ0n) is 14.3. The summed E-state index contributed by atoms with van der Waals surface area (Å²) in [6.45, 7) is 0.550. The average Bonchev–Trinajstić information content (AvgIpc) is 2.69. The molecular weight excluding hydrogens is 326 g/mol. The molecule has 0 aliphatic heterocycles. The van der Waals surface area contributed by atoms with E-state index in [-0.39, 0.29) is 18.3 Å². The van der Waals surface area contributed by atoms with Crippen molar-refractivity contribution in [2.75, 3.05) is 6.54 Å². The number of ether oxygens (including phenoxy) is 1. The predicted molar refractivity (Wildman–Crippen MR) is 101 cm³/mol. The summed E-state index contributed by atoms with van der Waals surface area (Å²) in [5.41, 5.74) is 2.71. The van der Waals surface area contributed by atoms with Gasteiger partial charge in [0, 0.05) is 18.0 Å². The number of nitrogens with one attached hydrogen (secondary N) is 1. The zero-order valence-corrected chi connectivity index (χ0v) is 14.3. The van der Waals surface area contributed by atoms with Gasteiger partial charge in [-0.1, -0.05) is 78.9 Å². The highest BCUT2D eigenvalue weighted by Gasteiger charge is 2.18. The Morgan fingerprint density at radius 1 is 0.885 bits per heavy atom. The maximum atomic E-state index is 12.1. The molecule has 0 aromatic heterocycles. The molecule has 3 aromatic carbocycles. The predicted octanol–water partition coefficient (Wildman–Crippen LogP) is 4.45. The molecule has 0 aliphatic rings. The SMILES string of the molecule is O=C(NC[C@@H](c1ccccc1)c1ccccc1O)OCc1ccccc1. The van der Waals surface area contributed by atoms with Crippen LogP contribution in [-0.2, 0) is 11.3 Å². The molecule has 0 radical (unpaired) electrons. The molecule has 4 heteroatoms. The largest absolute Gasteiger partial charge is 0.508 e. The summed E-state index contributed by atoms with van der Waals surface area (Å²) in [7, 11) is 0. The molecule has 4 nitrogen and oxygen atoms in total. The fourth-order valence-corrected chi connectivity index (χ4v) is 2.83. The van der Waals surface area contributed by atoms with Gasteiger partial charge in [-0.2, -0.15) is 0 Å². The van der Waals surface area contributed by atoms with Gasteiger partial charge < -0.3 is 15.2 Å². The van der Waals surface area contributed by atoms with Crippen LogP contribution in [0.2, 0.25) is 0 Å². The molecule has 0 heterocycles. The monoisotopic (exact) mass is 347 g/mol. The van der Waals surface area contributed by atoms with Crippen molar-refractivity contribution in [1.82, 2.24) is 5.32 Å². The molecule has 0 spiro atoms. The molecule has 1 atom stereocenters. The Balaban J connectivity index is 1.67. The fraction of sp³-hybridized carbons (Fsp3) is 0.136. The highest BCUT2D eigenvalue weighted by atomic mass is 16.5. The third kappa shape index (κ3) is 4.63. The van der Waals surface area contributed by atoms with Crippen LogP contribution in [0.3, 0.4) is 0 Å². The first kappa shape index (κ1) is 17.5. The van der Waals surface area contributed by atoms with E-state index in [1.165, 1.54) is 0 Å². The molecule has 3 aromatic rings. The number of rotatable bonds is 6. The van der Waals surface area contributed by atoms with E-state index in [1.807, 2.05) is 72.8 Å². The van der Waals surface area contributed by atoms with Crippen molar-refractivity contribution in [2.24, 2.45) is 0 Å². The number of phenolic OH excluding ortho intramolecular Hbond substituents is 1. The Morgan fingerprint density at radius 2 is 1.50 bits per heavy atom. The zero-order chi connectivity index (χ0) is 18.2. The van der Waals surface area contributed by atoms with E-state index in [1.54, 1.807) is 12.1 Å². The molecule has 1 amide bonds. The van der Waals surface area contributed by atoms with Crippen LogP contribution in [0.4, 0.5) is 4.79 Å². The number of carbonyl (C=O) groups is 1. The first-order valence-electron chi connectivity index (χ1n) is 8.51. The number of carbonyl (C=O) groups excluding carboxylic acids is 1. The van der Waals surface area contributed by atoms with Crippen LogP contribution in [-0.4, -0.2) is 17.7 Å². The van der Waals surface area contributed by atoms with Gasteiger partial charge in [-0.3, -0.25) is 0 Å². The average molecular weight is 347 g/mol. The first-order chi connectivity index (χ1) is 12.7. The summed E-state index contributed by atoms with van der Waals surface area (Å²) in [6.07, 6.45) is -0.481. The van der Waals surface area contributed by atoms with Crippen molar-refractivity contribution in [1.29, 1.82) is 0 Å². The fourth-order valence-electron chi connectivity index (χ4n) is 2.83. The number of alkyl carbamates (subject to hydrolysis) is 1. The van der Waals surface area contributed by atoms with Gasteiger partial charge in [0.15, 0.2) is 0 Å². The molecule has 26 heavy (non-hydrogen) atoms. The van der Waals surface area contributed by atoms with Gasteiger partial charge in [-0.05, 0) is 17.2 Å². The molecule has 0 aliphatic carbocycles. The van der Waals surface area contributed by atoms with Gasteiger partial charge >= 0.3 is 6.09 Å². The highest BCUT2D eigenvalue weighted by Crippen LogP contribution is 2.30. The quantitative estimate of drug-likeness (QED) is 0.692. The Kier molecular flexibility index (Phi) is 5.88. The maximum absolute atomic E-state index is 12.1. The van der Waals surface area contributed by atoms with E-state index in [0.717, 1.165) is 16.7 Å². The lowest BCUT2D eigenvalue weighted by Crippen LogP contribution is -2.29. The molecule has 0 fully saturated rings. The normalized spacial score (nSPS) is 11.5. The standard InChI is InChI=1S/C22H21NO3/c24-21-14-8-7-13-19(21)20(18-11-5-2-6-12-18)15-23-22(25)26-16-17-9-3-1-4-10-17/h1-14,20,24H,15-16H2,(H,23,25)/t20-/m0/s1. The van der Waals surface area contributed by atoms with Crippen LogP contribution in [0.25, 0.3) is 0 Å².